The van der Waals surface area contributed by atoms with Crippen LogP contribution in [-0.4, -0.2) is 27.3 Å². The van der Waals surface area contributed by atoms with Crippen LogP contribution in [0.4, 0.5) is 0 Å². The van der Waals surface area contributed by atoms with Gasteiger partial charge in [0.25, 0.3) is 5.56 Å². The second kappa shape index (κ2) is 8.11. The normalized spacial score (nSPS) is 14.5. The molecule has 5 nitrogen and oxygen atoms in total. The molecule has 3 rings (SSSR count). The maximum Gasteiger partial charge on any atom is 0.263 e. The molecular formula is C19H21N3O2S2. The minimum atomic E-state index is -0.404. The third-order valence-electron chi connectivity index (χ3n) is 4.37. The van der Waals surface area contributed by atoms with E-state index in [1.165, 1.54) is 22.2 Å². The smallest absolute Gasteiger partial charge is 0.263 e. The number of allylic oxidation sites excluding steroid dienone is 1. The molecule has 2 aromatic heterocycles. The minimum Gasteiger partial charge on any atom is -0.344 e. The third-order valence-corrected chi connectivity index (χ3v) is 6.64. The van der Waals surface area contributed by atoms with Crippen molar-refractivity contribution in [1.29, 1.82) is 0 Å². The fourth-order valence-corrected chi connectivity index (χ4v) is 5.34. The molecule has 1 amide bonds. The Balaban J connectivity index is 2.03. The Hall–Kier alpha value is -2.04. The number of nitrogens with one attached hydrogen (secondary N) is 1. The Bertz CT molecular complexity index is 952. The molecule has 1 aliphatic carbocycles. The molecule has 0 fully saturated rings. The van der Waals surface area contributed by atoms with E-state index in [1.54, 1.807) is 28.9 Å². The van der Waals surface area contributed by atoms with Crippen LogP contribution < -0.4 is 10.9 Å². The summed E-state index contributed by atoms with van der Waals surface area (Å²) >= 11 is 2.89. The number of thioether (sulfide) groups is 1. The number of amides is 1. The van der Waals surface area contributed by atoms with E-state index in [4.69, 9.17) is 11.4 Å². The average Bonchev–Trinajstić information content (AvgIpc) is 3.01. The zero-order chi connectivity index (χ0) is 18.7. The first-order valence-electron chi connectivity index (χ1n) is 8.60. The highest BCUT2D eigenvalue weighted by molar-refractivity contribution is 8.00. The number of hydrogen-bond acceptors (Lipinski definition) is 5. The second-order valence-corrected chi connectivity index (χ2v) is 8.56. The zero-order valence-electron chi connectivity index (χ0n) is 14.7. The van der Waals surface area contributed by atoms with E-state index in [2.05, 4.69) is 17.8 Å². The van der Waals surface area contributed by atoms with Crippen molar-refractivity contribution in [3.8, 4) is 12.3 Å². The summed E-state index contributed by atoms with van der Waals surface area (Å²) in [4.78, 5) is 32.1. The van der Waals surface area contributed by atoms with Gasteiger partial charge in [-0.1, -0.05) is 23.8 Å². The standard InChI is InChI=1S/C19H21N3O2S2/c1-4-10-20-16(23)12(3)25-19-21-17-15(18(24)22(19)11-5-2)13-8-6-7-9-14(13)26-17/h1,5,12H,2,6-11H2,3H3,(H,20,23). The van der Waals surface area contributed by atoms with E-state index in [9.17, 15) is 9.59 Å². The first-order valence-corrected chi connectivity index (χ1v) is 10.3. The quantitative estimate of drug-likeness (QED) is 0.358. The zero-order valence-corrected chi connectivity index (χ0v) is 16.3. The van der Waals surface area contributed by atoms with Gasteiger partial charge in [-0.3, -0.25) is 14.2 Å². The number of hydrogen-bond donors (Lipinski definition) is 1. The maximum atomic E-state index is 13.1. The van der Waals surface area contributed by atoms with E-state index in [-0.39, 0.29) is 18.0 Å². The Morgan fingerprint density at radius 2 is 2.31 bits per heavy atom. The predicted molar refractivity (Wildman–Crippen MR) is 108 cm³/mol. The van der Waals surface area contributed by atoms with Gasteiger partial charge in [-0.05, 0) is 38.2 Å². The molecule has 1 atom stereocenters. The highest BCUT2D eigenvalue weighted by Crippen LogP contribution is 2.35. The molecule has 0 spiro atoms. The third kappa shape index (κ3) is 3.57. The van der Waals surface area contributed by atoms with Crippen molar-refractivity contribution in [3.05, 3.63) is 33.4 Å². The SMILES string of the molecule is C#CCNC(=O)C(C)Sc1nc2sc3c(c2c(=O)n1CC=C)CCCC3. The molecule has 7 heteroatoms. The summed E-state index contributed by atoms with van der Waals surface area (Å²) in [6, 6.07) is 0. The van der Waals surface area contributed by atoms with Gasteiger partial charge in [-0.15, -0.1) is 24.3 Å². The molecule has 136 valence electrons. The van der Waals surface area contributed by atoms with Crippen molar-refractivity contribution in [1.82, 2.24) is 14.9 Å². The Kier molecular flexibility index (Phi) is 5.84. The summed E-state index contributed by atoms with van der Waals surface area (Å²) < 4.78 is 1.62. The van der Waals surface area contributed by atoms with Crippen molar-refractivity contribution in [3.63, 3.8) is 0 Å². The Morgan fingerprint density at radius 1 is 1.54 bits per heavy atom. The average molecular weight is 388 g/mol. The van der Waals surface area contributed by atoms with Crippen LogP contribution in [0.3, 0.4) is 0 Å². The summed E-state index contributed by atoms with van der Waals surface area (Å²) in [6.07, 6.45) is 11.1. The molecule has 1 N–H and O–H groups in total. The van der Waals surface area contributed by atoms with Crippen molar-refractivity contribution < 1.29 is 4.79 Å². The van der Waals surface area contributed by atoms with Crippen LogP contribution in [0.25, 0.3) is 10.2 Å². The number of carbonyl (C=O) groups excluding carboxylic acids is 1. The number of nitrogens with zero attached hydrogens (tertiary/aromatic N) is 2. The number of aryl methyl sites for hydroxylation is 2. The van der Waals surface area contributed by atoms with E-state index in [0.29, 0.717) is 11.7 Å². The molecule has 2 heterocycles. The minimum absolute atomic E-state index is 0.0342. The molecule has 0 saturated heterocycles. The van der Waals surface area contributed by atoms with E-state index >= 15 is 0 Å². The molecule has 1 aliphatic rings. The molecule has 2 aromatic rings. The van der Waals surface area contributed by atoms with Crippen molar-refractivity contribution in [2.75, 3.05) is 6.54 Å². The van der Waals surface area contributed by atoms with Crippen LogP contribution in [0.15, 0.2) is 22.6 Å². The fraction of sp³-hybridized carbons (Fsp3) is 0.421. The Labute approximate surface area is 160 Å². The highest BCUT2D eigenvalue weighted by atomic mass is 32.2. The molecule has 0 bridgehead atoms. The van der Waals surface area contributed by atoms with Crippen molar-refractivity contribution >= 4 is 39.2 Å². The van der Waals surface area contributed by atoms with Crippen LogP contribution in [0.2, 0.25) is 0 Å². The lowest BCUT2D eigenvalue weighted by Crippen LogP contribution is -2.32. The molecule has 0 aliphatic heterocycles. The summed E-state index contributed by atoms with van der Waals surface area (Å²) in [7, 11) is 0. The van der Waals surface area contributed by atoms with Crippen LogP contribution in [-0.2, 0) is 24.2 Å². The number of thiophene rings is 1. The number of carbonyl (C=O) groups is 1. The molecule has 0 radical (unpaired) electrons. The van der Waals surface area contributed by atoms with E-state index < -0.39 is 5.25 Å². The maximum absolute atomic E-state index is 13.1. The fourth-order valence-electron chi connectivity index (χ4n) is 3.09. The highest BCUT2D eigenvalue weighted by Gasteiger charge is 2.24. The summed E-state index contributed by atoms with van der Waals surface area (Å²) in [6.45, 7) is 6.09. The number of aromatic nitrogens is 2. The predicted octanol–water partition coefficient (Wildman–Crippen LogP) is 2.75. The molecule has 0 saturated carbocycles. The molecule has 0 aromatic carbocycles. The second-order valence-electron chi connectivity index (χ2n) is 6.17. The lowest BCUT2D eigenvalue weighted by Gasteiger charge is -2.15. The summed E-state index contributed by atoms with van der Waals surface area (Å²) in [5.74, 6) is 2.22. The first kappa shape index (κ1) is 18.7. The van der Waals surface area contributed by atoms with Gasteiger partial charge in [0.2, 0.25) is 5.91 Å². The lowest BCUT2D eigenvalue weighted by molar-refractivity contribution is -0.120. The van der Waals surface area contributed by atoms with Crippen LogP contribution in [0, 0.1) is 12.3 Å². The van der Waals surface area contributed by atoms with E-state index in [1.807, 2.05) is 0 Å². The number of rotatable bonds is 6. The van der Waals surface area contributed by atoms with Gasteiger partial charge in [0.05, 0.1) is 17.2 Å². The molecule has 26 heavy (non-hydrogen) atoms. The van der Waals surface area contributed by atoms with E-state index in [0.717, 1.165) is 35.9 Å². The van der Waals surface area contributed by atoms with Gasteiger partial charge in [0.15, 0.2) is 5.16 Å². The van der Waals surface area contributed by atoms with Crippen molar-refractivity contribution in [2.24, 2.45) is 0 Å². The summed E-state index contributed by atoms with van der Waals surface area (Å²) in [5.41, 5.74) is 1.14. The monoisotopic (exact) mass is 387 g/mol. The van der Waals surface area contributed by atoms with Crippen LogP contribution >= 0.6 is 23.1 Å². The van der Waals surface area contributed by atoms with Crippen LogP contribution in [0.1, 0.15) is 30.2 Å². The molecular weight excluding hydrogens is 366 g/mol. The van der Waals surface area contributed by atoms with Crippen LogP contribution in [0.5, 0.6) is 0 Å². The first-order chi connectivity index (χ1) is 12.6. The van der Waals surface area contributed by atoms with Gasteiger partial charge < -0.3 is 5.32 Å². The summed E-state index contributed by atoms with van der Waals surface area (Å²) in [5, 5.41) is 3.56. The number of terminal acetylenes is 1. The van der Waals surface area contributed by atoms with Crippen molar-refractivity contribution in [2.45, 2.75) is 49.6 Å². The van der Waals surface area contributed by atoms with Gasteiger partial charge in [-0.2, -0.15) is 0 Å². The van der Waals surface area contributed by atoms with Gasteiger partial charge in [0, 0.05) is 11.4 Å². The topological polar surface area (TPSA) is 64.0 Å². The number of fused-ring (bicyclic) bond motifs is 3. The largest absolute Gasteiger partial charge is 0.344 e. The van der Waals surface area contributed by atoms with Gasteiger partial charge in [0.1, 0.15) is 4.83 Å². The van der Waals surface area contributed by atoms with Gasteiger partial charge >= 0.3 is 0 Å². The Morgan fingerprint density at radius 3 is 3.04 bits per heavy atom. The molecule has 1 unspecified atom stereocenters. The van der Waals surface area contributed by atoms with Gasteiger partial charge in [-0.25, -0.2) is 4.98 Å². The lowest BCUT2D eigenvalue weighted by atomic mass is 9.97.